The van der Waals surface area contributed by atoms with Gasteiger partial charge in [-0.1, -0.05) is 39.0 Å². The molecule has 1 aromatic carbocycles. The standard InChI is InChI=1S/C9H6N2O.C4H9O.K/c12-9-6-10-5-7-3-1-2-4-8(7)11-9;1-4(2,3)5;/h1-6H;1-3H3;/q;-1;+1. The minimum Gasteiger partial charge on any atom is -0.850 e. The predicted octanol–water partition coefficient (Wildman–Crippen LogP) is -1.86. The molecule has 0 saturated heterocycles. The molecular weight excluding hydrogens is 255 g/mol. The first kappa shape index (κ1) is 17.8. The van der Waals surface area contributed by atoms with Crippen LogP contribution in [0, 0.1) is 0 Å². The van der Waals surface area contributed by atoms with Crippen molar-refractivity contribution in [1.82, 2.24) is 9.97 Å². The summed E-state index contributed by atoms with van der Waals surface area (Å²) in [5.41, 5.74) is -0.379. The molecule has 90 valence electrons. The average Bonchev–Trinajstić information content (AvgIpc) is 2.35. The molecule has 4 nitrogen and oxygen atoms in total. The van der Waals surface area contributed by atoms with Gasteiger partial charge < -0.3 is 5.11 Å². The van der Waals surface area contributed by atoms with E-state index in [0.717, 1.165) is 5.39 Å². The number of para-hydroxylation sites is 1. The Hall–Kier alpha value is -0.174. The van der Waals surface area contributed by atoms with Gasteiger partial charge in [0.2, 0.25) is 0 Å². The largest absolute Gasteiger partial charge is 1.00 e. The van der Waals surface area contributed by atoms with E-state index < -0.39 is 5.60 Å². The summed E-state index contributed by atoms with van der Waals surface area (Å²) in [5.74, 6) is 0. The number of nitrogens with zero attached hydrogens (tertiary/aromatic N) is 2. The van der Waals surface area contributed by atoms with Crippen LogP contribution in [0.1, 0.15) is 20.8 Å². The zero-order valence-corrected chi connectivity index (χ0v) is 14.3. The maximum Gasteiger partial charge on any atom is 1.00 e. The molecule has 1 aromatic heterocycles. The van der Waals surface area contributed by atoms with Crippen molar-refractivity contribution in [3.05, 3.63) is 47.0 Å². The van der Waals surface area contributed by atoms with Gasteiger partial charge in [0.05, 0.1) is 11.7 Å². The molecule has 0 radical (unpaired) electrons. The first-order chi connectivity index (χ1) is 7.86. The molecule has 0 atom stereocenters. The van der Waals surface area contributed by atoms with Crippen molar-refractivity contribution in [1.29, 1.82) is 0 Å². The van der Waals surface area contributed by atoms with E-state index in [9.17, 15) is 9.90 Å². The second-order valence-corrected chi connectivity index (χ2v) is 4.53. The first-order valence-electron chi connectivity index (χ1n) is 5.28. The first-order valence-corrected chi connectivity index (χ1v) is 5.28. The van der Waals surface area contributed by atoms with Crippen LogP contribution < -0.4 is 62.1 Å². The summed E-state index contributed by atoms with van der Waals surface area (Å²) in [4.78, 5) is 18.5. The molecule has 0 amide bonds. The fourth-order valence-corrected chi connectivity index (χ4v) is 1.03. The summed E-state index contributed by atoms with van der Waals surface area (Å²) < 4.78 is 0. The molecule has 0 unspecified atom stereocenters. The summed E-state index contributed by atoms with van der Waals surface area (Å²) in [7, 11) is 0. The van der Waals surface area contributed by atoms with Gasteiger partial charge in [0, 0.05) is 11.6 Å². The van der Waals surface area contributed by atoms with Crippen LogP contribution >= 0.6 is 0 Å². The van der Waals surface area contributed by atoms with Gasteiger partial charge in [-0.15, -0.1) is 5.60 Å². The van der Waals surface area contributed by atoms with Crippen LogP contribution in [-0.4, -0.2) is 15.6 Å². The normalized spacial score (nSPS) is 10.0. The summed E-state index contributed by atoms with van der Waals surface area (Å²) in [6.07, 6.45) is 2.84. The molecule has 0 fully saturated rings. The quantitative estimate of drug-likeness (QED) is 0.527. The van der Waals surface area contributed by atoms with Crippen molar-refractivity contribution in [3.63, 3.8) is 0 Å². The van der Waals surface area contributed by atoms with Gasteiger partial charge in [0.15, 0.2) is 0 Å². The van der Waals surface area contributed by atoms with Crippen molar-refractivity contribution in [2.75, 3.05) is 0 Å². The maximum atomic E-state index is 10.9. The Morgan fingerprint density at radius 1 is 1.11 bits per heavy atom. The van der Waals surface area contributed by atoms with E-state index in [1.807, 2.05) is 18.2 Å². The Kier molecular flexibility index (Phi) is 8.01. The summed E-state index contributed by atoms with van der Waals surface area (Å²) in [5, 5.41) is 11.0. The van der Waals surface area contributed by atoms with Crippen LogP contribution in [0.5, 0.6) is 0 Å². The van der Waals surface area contributed by atoms with Crippen LogP contribution in [0.3, 0.4) is 0 Å². The number of hydrogen-bond acceptors (Lipinski definition) is 4. The van der Waals surface area contributed by atoms with Crippen molar-refractivity contribution in [3.8, 4) is 0 Å². The van der Waals surface area contributed by atoms with Gasteiger partial charge in [-0.05, 0) is 6.07 Å². The van der Waals surface area contributed by atoms with E-state index in [-0.39, 0.29) is 56.9 Å². The fourth-order valence-electron chi connectivity index (χ4n) is 1.03. The van der Waals surface area contributed by atoms with E-state index in [4.69, 9.17) is 0 Å². The molecule has 0 spiro atoms. The Bertz CT molecular complexity index is 547. The van der Waals surface area contributed by atoms with Crippen molar-refractivity contribution in [2.45, 2.75) is 26.4 Å². The van der Waals surface area contributed by atoms with Gasteiger partial charge in [-0.25, -0.2) is 4.98 Å². The molecule has 1 heterocycles. The third-order valence-electron chi connectivity index (χ3n) is 1.57. The smallest absolute Gasteiger partial charge is 0.850 e. The molecule has 18 heavy (non-hydrogen) atoms. The molecule has 2 rings (SSSR count). The number of benzene rings is 1. The van der Waals surface area contributed by atoms with Crippen LogP contribution in [0.15, 0.2) is 41.5 Å². The van der Waals surface area contributed by atoms with Gasteiger partial charge in [-0.3, -0.25) is 9.78 Å². The Labute approximate surface area is 149 Å². The van der Waals surface area contributed by atoms with Crippen molar-refractivity contribution < 1.29 is 56.5 Å². The molecule has 0 bridgehead atoms. The Morgan fingerprint density at radius 2 is 1.67 bits per heavy atom. The minimum absolute atomic E-state index is 0. The molecule has 2 aromatic rings. The summed E-state index contributed by atoms with van der Waals surface area (Å²) >= 11 is 0. The summed E-state index contributed by atoms with van der Waals surface area (Å²) in [6, 6.07) is 7.39. The maximum absolute atomic E-state index is 10.9. The molecule has 0 aliphatic rings. The molecular formula is C13H15KN2O2. The number of hydrogen-bond donors (Lipinski definition) is 0. The molecule has 5 heteroatoms. The Balaban J connectivity index is 0.000000421. The van der Waals surface area contributed by atoms with Gasteiger partial charge in [-0.2, -0.15) is 0 Å². The van der Waals surface area contributed by atoms with Crippen molar-refractivity contribution in [2.24, 2.45) is 0 Å². The second kappa shape index (κ2) is 8.09. The zero-order chi connectivity index (χ0) is 12.9. The third-order valence-corrected chi connectivity index (χ3v) is 1.57. The van der Waals surface area contributed by atoms with Gasteiger partial charge >= 0.3 is 51.4 Å². The number of aromatic nitrogens is 2. The van der Waals surface area contributed by atoms with E-state index in [1.165, 1.54) is 6.20 Å². The van der Waals surface area contributed by atoms with Gasteiger partial charge in [0.1, 0.15) is 0 Å². The molecule has 0 saturated carbocycles. The molecule has 0 N–H and O–H groups in total. The molecule has 0 aliphatic heterocycles. The monoisotopic (exact) mass is 270 g/mol. The van der Waals surface area contributed by atoms with Crippen molar-refractivity contribution >= 4 is 10.9 Å². The van der Waals surface area contributed by atoms with Crippen LogP contribution in [0.4, 0.5) is 0 Å². The van der Waals surface area contributed by atoms with Crippen LogP contribution in [0.2, 0.25) is 0 Å². The second-order valence-electron chi connectivity index (χ2n) is 4.53. The van der Waals surface area contributed by atoms with E-state index >= 15 is 0 Å². The van der Waals surface area contributed by atoms with E-state index in [1.54, 1.807) is 33.0 Å². The minimum atomic E-state index is -0.750. The molecule has 0 aliphatic carbocycles. The predicted molar refractivity (Wildman–Crippen MR) is 65.6 cm³/mol. The average molecular weight is 270 g/mol. The van der Waals surface area contributed by atoms with Crippen LogP contribution in [-0.2, 0) is 0 Å². The fraction of sp³-hybridized carbons (Fsp3) is 0.308. The SMILES string of the molecule is CC(C)(C)[O-].O=c1cncc2ccccc2n1.[K+]. The third kappa shape index (κ3) is 8.02. The van der Waals surface area contributed by atoms with Gasteiger partial charge in [0.25, 0.3) is 5.56 Å². The van der Waals surface area contributed by atoms with E-state index in [0.29, 0.717) is 5.52 Å². The Morgan fingerprint density at radius 3 is 2.28 bits per heavy atom. The zero-order valence-electron chi connectivity index (χ0n) is 11.2. The van der Waals surface area contributed by atoms with E-state index in [2.05, 4.69) is 9.97 Å². The number of fused-ring (bicyclic) bond motifs is 1. The number of rotatable bonds is 0. The summed E-state index contributed by atoms with van der Waals surface area (Å²) in [6.45, 7) is 4.90. The topological polar surface area (TPSA) is 65.9 Å². The van der Waals surface area contributed by atoms with Crippen LogP contribution in [0.25, 0.3) is 10.9 Å².